The van der Waals surface area contributed by atoms with E-state index in [-0.39, 0.29) is 24.4 Å². The molecule has 2 aliphatic carbocycles. The number of rotatable bonds is 4. The summed E-state index contributed by atoms with van der Waals surface area (Å²) in [6.07, 6.45) is 9.19. The highest BCUT2D eigenvalue weighted by molar-refractivity contribution is 5.90. The minimum Gasteiger partial charge on any atom is -0.352 e. The smallest absolute Gasteiger partial charge is 0.240 e. The zero-order valence-corrected chi connectivity index (χ0v) is 11.5. The highest BCUT2D eigenvalue weighted by Crippen LogP contribution is 2.27. The van der Waals surface area contributed by atoms with E-state index in [1.807, 2.05) is 0 Å². The first-order valence-electron chi connectivity index (χ1n) is 7.47. The van der Waals surface area contributed by atoms with Crippen LogP contribution in [0.5, 0.6) is 0 Å². The van der Waals surface area contributed by atoms with Crippen LogP contribution in [0.25, 0.3) is 0 Å². The Balaban J connectivity index is 1.69. The van der Waals surface area contributed by atoms with Gasteiger partial charge in [0.25, 0.3) is 0 Å². The third kappa shape index (κ3) is 3.93. The second-order valence-electron chi connectivity index (χ2n) is 5.95. The third-order valence-electron chi connectivity index (χ3n) is 4.33. The summed E-state index contributed by atoms with van der Waals surface area (Å²) in [7, 11) is 0. The first-order valence-corrected chi connectivity index (χ1v) is 7.47. The van der Waals surface area contributed by atoms with E-state index >= 15 is 0 Å². The fraction of sp³-hybridized carbons (Fsp3) is 0.857. The van der Waals surface area contributed by atoms with E-state index < -0.39 is 5.54 Å². The lowest BCUT2D eigenvalue weighted by atomic mass is 9.95. The zero-order valence-electron chi connectivity index (χ0n) is 11.5. The molecule has 0 aromatic heterocycles. The van der Waals surface area contributed by atoms with Gasteiger partial charge in [-0.2, -0.15) is 0 Å². The van der Waals surface area contributed by atoms with Crippen LogP contribution in [0, 0.1) is 0 Å². The second-order valence-corrected chi connectivity index (χ2v) is 5.95. The van der Waals surface area contributed by atoms with Crippen LogP contribution < -0.4 is 16.4 Å². The Bertz CT molecular complexity index is 332. The number of amides is 2. The van der Waals surface area contributed by atoms with E-state index in [0.717, 1.165) is 38.5 Å². The van der Waals surface area contributed by atoms with E-state index in [9.17, 15) is 9.59 Å². The molecule has 0 aromatic carbocycles. The van der Waals surface area contributed by atoms with Crippen molar-refractivity contribution < 1.29 is 9.59 Å². The average Bonchev–Trinajstić information content (AvgIpc) is 2.85. The largest absolute Gasteiger partial charge is 0.352 e. The summed E-state index contributed by atoms with van der Waals surface area (Å²) < 4.78 is 0. The molecule has 2 fully saturated rings. The van der Waals surface area contributed by atoms with Gasteiger partial charge in [-0.05, 0) is 25.7 Å². The highest BCUT2D eigenvalue weighted by Gasteiger charge is 2.36. The Labute approximate surface area is 114 Å². The van der Waals surface area contributed by atoms with Crippen molar-refractivity contribution in [3.8, 4) is 0 Å². The molecule has 19 heavy (non-hydrogen) atoms. The quantitative estimate of drug-likeness (QED) is 0.705. The fourth-order valence-electron chi connectivity index (χ4n) is 3.10. The lowest BCUT2D eigenvalue weighted by Crippen LogP contribution is -2.54. The van der Waals surface area contributed by atoms with Crippen LogP contribution in [0.2, 0.25) is 0 Å². The van der Waals surface area contributed by atoms with Crippen LogP contribution in [0.15, 0.2) is 0 Å². The number of carbonyl (C=O) groups is 2. The molecule has 0 unspecified atom stereocenters. The van der Waals surface area contributed by atoms with E-state index in [2.05, 4.69) is 10.6 Å². The van der Waals surface area contributed by atoms with Crippen molar-refractivity contribution in [1.82, 2.24) is 10.6 Å². The van der Waals surface area contributed by atoms with Gasteiger partial charge in [-0.15, -0.1) is 0 Å². The topological polar surface area (TPSA) is 84.2 Å². The Kier molecular flexibility index (Phi) is 4.80. The lowest BCUT2D eigenvalue weighted by Gasteiger charge is -2.24. The van der Waals surface area contributed by atoms with Gasteiger partial charge in [-0.3, -0.25) is 9.59 Å². The maximum atomic E-state index is 11.9. The van der Waals surface area contributed by atoms with Crippen LogP contribution in [0.3, 0.4) is 0 Å². The second kappa shape index (κ2) is 6.37. The van der Waals surface area contributed by atoms with E-state index in [0.29, 0.717) is 0 Å². The lowest BCUT2D eigenvalue weighted by molar-refractivity contribution is -0.129. The van der Waals surface area contributed by atoms with Crippen molar-refractivity contribution in [2.24, 2.45) is 5.73 Å². The Morgan fingerprint density at radius 2 is 1.68 bits per heavy atom. The van der Waals surface area contributed by atoms with Crippen molar-refractivity contribution in [3.63, 3.8) is 0 Å². The van der Waals surface area contributed by atoms with E-state index in [4.69, 9.17) is 5.73 Å². The van der Waals surface area contributed by atoms with Crippen LogP contribution in [0.1, 0.15) is 57.8 Å². The van der Waals surface area contributed by atoms with Gasteiger partial charge >= 0.3 is 0 Å². The molecule has 2 rings (SSSR count). The number of nitrogens with two attached hydrogens (primary N) is 1. The molecule has 0 bridgehead atoms. The number of carbonyl (C=O) groups excluding carboxylic acids is 2. The van der Waals surface area contributed by atoms with Crippen molar-refractivity contribution in [1.29, 1.82) is 0 Å². The molecule has 5 heteroatoms. The fourth-order valence-corrected chi connectivity index (χ4v) is 3.10. The third-order valence-corrected chi connectivity index (χ3v) is 4.33. The molecular weight excluding hydrogens is 242 g/mol. The van der Waals surface area contributed by atoms with Gasteiger partial charge in [-0.1, -0.05) is 32.1 Å². The Morgan fingerprint density at radius 1 is 1.05 bits per heavy atom. The molecule has 2 saturated carbocycles. The van der Waals surface area contributed by atoms with Crippen LogP contribution >= 0.6 is 0 Å². The molecule has 0 spiro atoms. The first-order chi connectivity index (χ1) is 9.10. The maximum absolute atomic E-state index is 11.9. The summed E-state index contributed by atoms with van der Waals surface area (Å²) >= 11 is 0. The molecule has 2 aliphatic rings. The standard InChI is InChI=1S/C14H25N3O2/c15-14(8-4-5-9-14)13(19)16-10-12(18)17-11-6-2-1-3-7-11/h11H,1-10,15H2,(H,16,19)(H,17,18). The zero-order chi connectivity index (χ0) is 13.7. The molecule has 5 nitrogen and oxygen atoms in total. The normalized spacial score (nSPS) is 23.0. The van der Waals surface area contributed by atoms with E-state index in [1.54, 1.807) is 0 Å². The van der Waals surface area contributed by atoms with Gasteiger partial charge in [0.15, 0.2) is 0 Å². The SMILES string of the molecule is NC1(C(=O)NCC(=O)NC2CCCCC2)CCCC1. The molecule has 0 aliphatic heterocycles. The van der Waals surface area contributed by atoms with Gasteiger partial charge < -0.3 is 16.4 Å². The molecule has 2 amide bonds. The van der Waals surface area contributed by atoms with Gasteiger partial charge in [0.2, 0.25) is 11.8 Å². The molecule has 0 atom stereocenters. The highest BCUT2D eigenvalue weighted by atomic mass is 16.2. The van der Waals surface area contributed by atoms with Gasteiger partial charge in [0, 0.05) is 6.04 Å². The Morgan fingerprint density at radius 3 is 2.32 bits per heavy atom. The monoisotopic (exact) mass is 267 g/mol. The van der Waals surface area contributed by atoms with Gasteiger partial charge in [-0.25, -0.2) is 0 Å². The number of hydrogen-bond acceptors (Lipinski definition) is 3. The molecule has 0 aromatic rings. The molecule has 108 valence electrons. The summed E-state index contributed by atoms with van der Waals surface area (Å²) in [5.41, 5.74) is 5.28. The predicted octanol–water partition coefficient (Wildman–Crippen LogP) is 0.823. The summed E-state index contributed by atoms with van der Waals surface area (Å²) in [4.78, 5) is 23.7. The number of hydrogen-bond donors (Lipinski definition) is 3. The summed E-state index contributed by atoms with van der Waals surface area (Å²) in [5, 5.41) is 5.66. The average molecular weight is 267 g/mol. The van der Waals surface area contributed by atoms with Gasteiger partial charge in [0.1, 0.15) is 0 Å². The maximum Gasteiger partial charge on any atom is 0.240 e. The van der Waals surface area contributed by atoms with Crippen molar-refractivity contribution in [2.75, 3.05) is 6.54 Å². The van der Waals surface area contributed by atoms with E-state index in [1.165, 1.54) is 19.3 Å². The van der Waals surface area contributed by atoms with Gasteiger partial charge in [0.05, 0.1) is 12.1 Å². The Hall–Kier alpha value is -1.10. The van der Waals surface area contributed by atoms with Crippen LogP contribution in [-0.2, 0) is 9.59 Å². The molecule has 0 radical (unpaired) electrons. The van der Waals surface area contributed by atoms with Crippen molar-refractivity contribution in [2.45, 2.75) is 69.4 Å². The molecule has 4 N–H and O–H groups in total. The van der Waals surface area contributed by atoms with Crippen molar-refractivity contribution in [3.05, 3.63) is 0 Å². The van der Waals surface area contributed by atoms with Crippen LogP contribution in [-0.4, -0.2) is 29.9 Å². The summed E-state index contributed by atoms with van der Waals surface area (Å²) in [6.45, 7) is 0.0499. The summed E-state index contributed by atoms with van der Waals surface area (Å²) in [5.74, 6) is -0.273. The molecule has 0 heterocycles. The predicted molar refractivity (Wildman–Crippen MR) is 73.4 cm³/mol. The molecule has 0 saturated heterocycles. The first kappa shape index (κ1) is 14.3. The minimum atomic E-state index is -0.745. The van der Waals surface area contributed by atoms with Crippen molar-refractivity contribution >= 4 is 11.8 Å². The molecular formula is C14H25N3O2. The minimum absolute atomic E-state index is 0.0499. The van der Waals surface area contributed by atoms with Crippen LogP contribution in [0.4, 0.5) is 0 Å². The summed E-state index contributed by atoms with van der Waals surface area (Å²) in [6, 6.07) is 0.288. The number of nitrogens with one attached hydrogen (secondary N) is 2.